The molecule has 6 rings (SSSR count). The number of fused-ring (bicyclic) bond motifs is 1. The molecule has 0 saturated carbocycles. The number of aromatic amines is 1. The van der Waals surface area contributed by atoms with Crippen LogP contribution < -0.4 is 15.0 Å². The maximum absolute atomic E-state index is 11.7. The van der Waals surface area contributed by atoms with Crippen molar-refractivity contribution >= 4 is 45.8 Å². The lowest BCUT2D eigenvalue weighted by Crippen LogP contribution is -2.51. The van der Waals surface area contributed by atoms with E-state index >= 15 is 0 Å². The predicted octanol–water partition coefficient (Wildman–Crippen LogP) is 5.72. The molecule has 8 nitrogen and oxygen atoms in total. The number of rotatable bonds is 5. The van der Waals surface area contributed by atoms with Crippen molar-refractivity contribution in [1.82, 2.24) is 25.5 Å². The second-order valence-corrected chi connectivity index (χ2v) is 10.6. The number of benzene rings is 1. The number of ether oxygens (including phenoxy) is 1. The monoisotopic (exact) mass is 536 g/mol. The maximum Gasteiger partial charge on any atom is 0.220 e. The molecule has 5 heterocycles. The first-order chi connectivity index (χ1) is 17.9. The molecule has 1 spiro atoms. The molecule has 0 radical (unpaired) electrons. The highest BCUT2D eigenvalue weighted by atomic mass is 35.5. The molecule has 0 bridgehead atoms. The van der Waals surface area contributed by atoms with Crippen molar-refractivity contribution in [2.24, 2.45) is 0 Å². The van der Waals surface area contributed by atoms with Crippen LogP contribution in [-0.4, -0.2) is 44.7 Å². The molecule has 2 aliphatic rings. The van der Waals surface area contributed by atoms with Crippen LogP contribution in [0.15, 0.2) is 48.9 Å². The molecule has 0 aliphatic carbocycles. The van der Waals surface area contributed by atoms with E-state index in [-0.39, 0.29) is 17.6 Å². The van der Waals surface area contributed by atoms with Gasteiger partial charge in [-0.2, -0.15) is 5.10 Å². The van der Waals surface area contributed by atoms with Gasteiger partial charge in [0.05, 0.1) is 15.6 Å². The Kier molecular flexibility index (Phi) is 6.16. The molecule has 1 amide bonds. The van der Waals surface area contributed by atoms with Crippen LogP contribution in [0.3, 0.4) is 0 Å². The van der Waals surface area contributed by atoms with E-state index in [2.05, 4.69) is 25.4 Å². The number of H-pyrrole nitrogens is 1. The van der Waals surface area contributed by atoms with Gasteiger partial charge in [-0.1, -0.05) is 23.2 Å². The molecule has 2 aliphatic heterocycles. The van der Waals surface area contributed by atoms with E-state index in [1.807, 2.05) is 43.5 Å². The summed E-state index contributed by atoms with van der Waals surface area (Å²) in [6.07, 6.45) is 8.09. The summed E-state index contributed by atoms with van der Waals surface area (Å²) in [7, 11) is 0. The zero-order valence-electron chi connectivity index (χ0n) is 20.3. The SMILES string of the molecule is CC(Oc1ccc2[nH]nc(-c3ccc(N4CCC5(CCC(=O)N5)CC4)nc3)c2c1)c1c(Cl)cncc1Cl. The fourth-order valence-electron chi connectivity index (χ4n) is 5.38. The molecule has 2 N–H and O–H groups in total. The van der Waals surface area contributed by atoms with E-state index in [0.717, 1.165) is 60.3 Å². The van der Waals surface area contributed by atoms with Crippen LogP contribution in [0.4, 0.5) is 5.82 Å². The largest absolute Gasteiger partial charge is 0.486 e. The van der Waals surface area contributed by atoms with Gasteiger partial charge in [0.25, 0.3) is 0 Å². The Bertz CT molecular complexity index is 1440. The molecular formula is C27H26Cl2N6O2. The number of halogens is 2. The summed E-state index contributed by atoms with van der Waals surface area (Å²) in [6, 6.07) is 9.88. The molecule has 2 saturated heterocycles. The highest BCUT2D eigenvalue weighted by Gasteiger charge is 2.40. The van der Waals surface area contributed by atoms with E-state index in [0.29, 0.717) is 27.8 Å². The van der Waals surface area contributed by atoms with Crippen LogP contribution in [-0.2, 0) is 4.79 Å². The van der Waals surface area contributed by atoms with Gasteiger partial charge >= 0.3 is 0 Å². The van der Waals surface area contributed by atoms with E-state index in [4.69, 9.17) is 32.9 Å². The van der Waals surface area contributed by atoms with E-state index in [1.54, 1.807) is 12.4 Å². The van der Waals surface area contributed by atoms with Gasteiger partial charge in [0.1, 0.15) is 23.4 Å². The summed E-state index contributed by atoms with van der Waals surface area (Å²) in [5.41, 5.74) is 3.30. The zero-order chi connectivity index (χ0) is 25.6. The number of carbonyl (C=O) groups is 1. The van der Waals surface area contributed by atoms with Crippen LogP contribution in [0.25, 0.3) is 22.2 Å². The smallest absolute Gasteiger partial charge is 0.220 e. The number of aromatic nitrogens is 4. The summed E-state index contributed by atoms with van der Waals surface area (Å²) in [4.78, 5) is 22.7. The van der Waals surface area contributed by atoms with Crippen LogP contribution in [0.5, 0.6) is 5.75 Å². The van der Waals surface area contributed by atoms with Crippen LogP contribution in [0, 0.1) is 0 Å². The topological polar surface area (TPSA) is 96.0 Å². The van der Waals surface area contributed by atoms with Crippen molar-refractivity contribution in [1.29, 1.82) is 0 Å². The highest BCUT2D eigenvalue weighted by Crippen LogP contribution is 2.36. The Morgan fingerprint density at radius 2 is 1.84 bits per heavy atom. The molecular weight excluding hydrogens is 511 g/mol. The van der Waals surface area contributed by atoms with Crippen LogP contribution >= 0.6 is 23.2 Å². The van der Waals surface area contributed by atoms with E-state index in [9.17, 15) is 4.79 Å². The van der Waals surface area contributed by atoms with Crippen molar-refractivity contribution in [2.45, 2.75) is 44.2 Å². The van der Waals surface area contributed by atoms with Gasteiger partial charge in [0, 0.05) is 60.2 Å². The minimum Gasteiger partial charge on any atom is -0.486 e. The lowest BCUT2D eigenvalue weighted by Gasteiger charge is -2.39. The predicted molar refractivity (Wildman–Crippen MR) is 144 cm³/mol. The summed E-state index contributed by atoms with van der Waals surface area (Å²) in [5.74, 6) is 1.79. The Labute approximate surface area is 224 Å². The lowest BCUT2D eigenvalue weighted by molar-refractivity contribution is -0.119. The molecule has 37 heavy (non-hydrogen) atoms. The molecule has 1 atom stereocenters. The fourth-order valence-corrected chi connectivity index (χ4v) is 6.06. The van der Waals surface area contributed by atoms with Crippen molar-refractivity contribution in [3.8, 4) is 17.0 Å². The van der Waals surface area contributed by atoms with E-state index < -0.39 is 0 Å². The van der Waals surface area contributed by atoms with Gasteiger partial charge in [0.15, 0.2) is 0 Å². The summed E-state index contributed by atoms with van der Waals surface area (Å²) < 4.78 is 6.19. The van der Waals surface area contributed by atoms with Crippen molar-refractivity contribution in [3.63, 3.8) is 0 Å². The van der Waals surface area contributed by atoms with Gasteiger partial charge in [-0.25, -0.2) is 4.98 Å². The van der Waals surface area contributed by atoms with Crippen LogP contribution in [0.1, 0.15) is 44.3 Å². The molecule has 1 unspecified atom stereocenters. The Balaban J connectivity index is 1.19. The Morgan fingerprint density at radius 1 is 1.05 bits per heavy atom. The number of nitrogens with zero attached hydrogens (tertiary/aromatic N) is 4. The van der Waals surface area contributed by atoms with Gasteiger partial charge in [-0.3, -0.25) is 14.9 Å². The molecule has 4 aromatic rings. The van der Waals surface area contributed by atoms with Gasteiger partial charge in [-0.15, -0.1) is 0 Å². The fraction of sp³-hybridized carbons (Fsp3) is 0.333. The first kappa shape index (κ1) is 24.0. The number of amides is 1. The first-order valence-corrected chi connectivity index (χ1v) is 13.1. The second kappa shape index (κ2) is 9.50. The van der Waals surface area contributed by atoms with Crippen molar-refractivity contribution in [2.75, 3.05) is 18.0 Å². The number of hydrogen-bond acceptors (Lipinski definition) is 6. The number of piperidine rings is 1. The number of hydrogen-bond donors (Lipinski definition) is 2. The normalized spacial score (nSPS) is 17.8. The van der Waals surface area contributed by atoms with Gasteiger partial charge in [0.2, 0.25) is 5.91 Å². The highest BCUT2D eigenvalue weighted by molar-refractivity contribution is 6.35. The van der Waals surface area contributed by atoms with Gasteiger partial charge in [-0.05, 0) is 56.5 Å². The van der Waals surface area contributed by atoms with Crippen LogP contribution in [0.2, 0.25) is 10.0 Å². The average Bonchev–Trinajstić information content (AvgIpc) is 3.47. The number of nitrogens with one attached hydrogen (secondary N) is 2. The van der Waals surface area contributed by atoms with E-state index in [1.165, 1.54) is 0 Å². The third kappa shape index (κ3) is 4.60. The lowest BCUT2D eigenvalue weighted by atomic mass is 9.86. The quantitative estimate of drug-likeness (QED) is 0.338. The number of pyridine rings is 2. The molecule has 3 aromatic heterocycles. The third-order valence-corrected chi connectivity index (χ3v) is 8.05. The Hall–Kier alpha value is -3.36. The average molecular weight is 537 g/mol. The summed E-state index contributed by atoms with van der Waals surface area (Å²) >= 11 is 12.6. The summed E-state index contributed by atoms with van der Waals surface area (Å²) in [5, 5.41) is 12.7. The van der Waals surface area contributed by atoms with Crippen molar-refractivity contribution < 1.29 is 9.53 Å². The number of carbonyl (C=O) groups excluding carboxylic acids is 1. The molecule has 1 aromatic carbocycles. The molecule has 2 fully saturated rings. The minimum absolute atomic E-state index is 0.0210. The zero-order valence-corrected chi connectivity index (χ0v) is 21.8. The molecule has 190 valence electrons. The summed E-state index contributed by atoms with van der Waals surface area (Å²) in [6.45, 7) is 3.66. The molecule has 10 heteroatoms. The second-order valence-electron chi connectivity index (χ2n) is 9.78. The van der Waals surface area contributed by atoms with Crippen molar-refractivity contribution in [3.05, 3.63) is 64.5 Å². The Morgan fingerprint density at radius 3 is 2.51 bits per heavy atom. The third-order valence-electron chi connectivity index (χ3n) is 7.45. The first-order valence-electron chi connectivity index (χ1n) is 12.4. The van der Waals surface area contributed by atoms with Gasteiger partial charge < -0.3 is 15.0 Å². The minimum atomic E-state index is -0.363. The number of anilines is 1. The standard InChI is InChI=1S/C27H26Cl2N6O2/c1-16(25-20(28)14-30-15-21(25)29)37-18-3-4-22-19(12-18)26(34-33-22)17-2-5-23(31-13-17)35-10-8-27(9-11-35)7-6-24(36)32-27/h2-5,12-16H,6-11H2,1H3,(H,32,36)(H,33,34). The maximum atomic E-state index is 11.7.